The fourth-order valence-electron chi connectivity index (χ4n) is 1.19. The summed E-state index contributed by atoms with van der Waals surface area (Å²) in [7, 11) is 3.34. The van der Waals surface area contributed by atoms with Crippen LogP contribution in [-0.2, 0) is 9.53 Å². The molecule has 0 bridgehead atoms. The average Bonchev–Trinajstić information content (AvgIpc) is 2.13. The van der Waals surface area contributed by atoms with Crippen molar-refractivity contribution < 1.29 is 14.6 Å². The highest BCUT2D eigenvalue weighted by Gasteiger charge is 2.25. The molecule has 2 unspecified atom stereocenters. The number of ether oxygens (including phenoxy) is 1. The summed E-state index contributed by atoms with van der Waals surface area (Å²) >= 11 is 1.71. The number of carboxylic acid groups (broad SMARTS) is 1. The second-order valence-corrected chi connectivity index (χ2v) is 4.19. The standard InChI is InChI=1S/C9H19NO3S/c1-7(6-14-4)10(2)8(5-13-3)9(11)12/h7-8H,5-6H2,1-4H3,(H,11,12). The normalized spacial score (nSPS) is 15.5. The monoisotopic (exact) mass is 221 g/mol. The third-order valence-corrected chi connectivity index (χ3v) is 3.02. The number of methoxy groups -OCH3 is 1. The van der Waals surface area contributed by atoms with E-state index in [0.717, 1.165) is 5.75 Å². The van der Waals surface area contributed by atoms with Gasteiger partial charge < -0.3 is 9.84 Å². The van der Waals surface area contributed by atoms with Crippen LogP contribution in [0.2, 0.25) is 0 Å². The Labute approximate surface area is 89.6 Å². The topological polar surface area (TPSA) is 49.8 Å². The van der Waals surface area contributed by atoms with E-state index in [1.54, 1.807) is 11.8 Å². The summed E-state index contributed by atoms with van der Waals surface area (Å²) in [4.78, 5) is 12.7. The van der Waals surface area contributed by atoms with Gasteiger partial charge in [0.25, 0.3) is 0 Å². The fourth-order valence-corrected chi connectivity index (χ4v) is 1.90. The van der Waals surface area contributed by atoms with Crippen LogP contribution in [0, 0.1) is 0 Å². The van der Waals surface area contributed by atoms with Crippen molar-refractivity contribution in [1.82, 2.24) is 4.90 Å². The van der Waals surface area contributed by atoms with Gasteiger partial charge in [0.05, 0.1) is 6.61 Å². The molecule has 0 saturated heterocycles. The maximum atomic E-state index is 10.9. The number of carboxylic acids is 1. The predicted molar refractivity (Wildman–Crippen MR) is 58.9 cm³/mol. The maximum Gasteiger partial charge on any atom is 0.323 e. The van der Waals surface area contributed by atoms with Crippen LogP contribution < -0.4 is 0 Å². The first kappa shape index (κ1) is 13.7. The molecule has 0 amide bonds. The number of aliphatic carboxylic acids is 1. The zero-order valence-corrected chi connectivity index (χ0v) is 10.0. The number of nitrogens with zero attached hydrogens (tertiary/aromatic N) is 1. The number of thioether (sulfide) groups is 1. The highest BCUT2D eigenvalue weighted by molar-refractivity contribution is 7.98. The first-order chi connectivity index (χ1) is 6.54. The van der Waals surface area contributed by atoms with Crippen LogP contribution in [0.25, 0.3) is 0 Å². The third-order valence-electron chi connectivity index (χ3n) is 2.20. The van der Waals surface area contributed by atoms with Crippen LogP contribution in [0.3, 0.4) is 0 Å². The van der Waals surface area contributed by atoms with E-state index in [9.17, 15) is 4.79 Å². The van der Waals surface area contributed by atoms with Gasteiger partial charge in [-0.25, -0.2) is 0 Å². The Morgan fingerprint density at radius 3 is 2.57 bits per heavy atom. The zero-order valence-electron chi connectivity index (χ0n) is 9.19. The van der Waals surface area contributed by atoms with Crippen LogP contribution in [0.15, 0.2) is 0 Å². The van der Waals surface area contributed by atoms with E-state index < -0.39 is 12.0 Å². The van der Waals surface area contributed by atoms with Crippen LogP contribution in [-0.4, -0.2) is 60.8 Å². The van der Waals surface area contributed by atoms with Crippen molar-refractivity contribution in [2.45, 2.75) is 19.0 Å². The van der Waals surface area contributed by atoms with Crippen LogP contribution >= 0.6 is 11.8 Å². The van der Waals surface area contributed by atoms with Gasteiger partial charge in [-0.1, -0.05) is 0 Å². The van der Waals surface area contributed by atoms with Crippen molar-refractivity contribution >= 4 is 17.7 Å². The number of rotatable bonds is 7. The van der Waals surface area contributed by atoms with Crippen LogP contribution in [0.4, 0.5) is 0 Å². The summed E-state index contributed by atoms with van der Waals surface area (Å²) in [6, 6.07) is -0.316. The van der Waals surface area contributed by atoms with Gasteiger partial charge in [0, 0.05) is 18.9 Å². The molecule has 5 heteroatoms. The molecule has 0 heterocycles. The number of carbonyl (C=O) groups is 1. The van der Waals surface area contributed by atoms with Gasteiger partial charge in [0.1, 0.15) is 6.04 Å². The van der Waals surface area contributed by atoms with Gasteiger partial charge in [0.15, 0.2) is 0 Å². The summed E-state index contributed by atoms with van der Waals surface area (Å²) in [5.74, 6) is 0.0894. The van der Waals surface area contributed by atoms with Crippen LogP contribution in [0.5, 0.6) is 0 Å². The molecule has 14 heavy (non-hydrogen) atoms. The molecule has 4 nitrogen and oxygen atoms in total. The number of hydrogen-bond acceptors (Lipinski definition) is 4. The molecule has 0 aromatic heterocycles. The molecule has 0 aliphatic heterocycles. The Morgan fingerprint density at radius 1 is 1.64 bits per heavy atom. The second kappa shape index (κ2) is 7.09. The summed E-state index contributed by atoms with van der Waals surface area (Å²) in [5, 5.41) is 8.96. The Bertz CT molecular complexity index is 177. The van der Waals surface area contributed by atoms with E-state index in [0.29, 0.717) is 0 Å². The molecule has 0 spiro atoms. The lowest BCUT2D eigenvalue weighted by atomic mass is 10.2. The molecule has 0 aromatic carbocycles. The highest BCUT2D eigenvalue weighted by Crippen LogP contribution is 2.08. The molecule has 0 fully saturated rings. The molecule has 2 atom stereocenters. The van der Waals surface area contributed by atoms with E-state index in [-0.39, 0.29) is 12.6 Å². The Morgan fingerprint density at radius 2 is 2.21 bits per heavy atom. The van der Waals surface area contributed by atoms with Gasteiger partial charge in [-0.05, 0) is 20.2 Å². The van der Waals surface area contributed by atoms with Crippen molar-refractivity contribution in [3.63, 3.8) is 0 Å². The lowest BCUT2D eigenvalue weighted by Gasteiger charge is -2.29. The van der Waals surface area contributed by atoms with E-state index in [2.05, 4.69) is 0 Å². The zero-order chi connectivity index (χ0) is 11.1. The summed E-state index contributed by atoms with van der Waals surface area (Å²) in [6.07, 6.45) is 2.01. The molecular weight excluding hydrogens is 202 g/mol. The first-order valence-electron chi connectivity index (χ1n) is 4.47. The minimum atomic E-state index is -0.831. The third kappa shape index (κ3) is 4.30. The second-order valence-electron chi connectivity index (χ2n) is 3.28. The first-order valence-corrected chi connectivity index (χ1v) is 5.86. The minimum absolute atomic E-state index is 0.227. The molecular formula is C9H19NO3S. The quantitative estimate of drug-likeness (QED) is 0.688. The molecule has 0 radical (unpaired) electrons. The molecule has 0 rings (SSSR count). The van der Waals surface area contributed by atoms with E-state index in [1.807, 2.05) is 25.1 Å². The molecule has 84 valence electrons. The Hall–Kier alpha value is -0.260. The number of hydrogen-bond donors (Lipinski definition) is 1. The SMILES string of the molecule is COCC(C(=O)O)N(C)C(C)CSC. The molecule has 1 N–H and O–H groups in total. The predicted octanol–water partition coefficient (Wildman–Crippen LogP) is 0.769. The Balaban J connectivity index is 4.26. The van der Waals surface area contributed by atoms with Gasteiger partial charge in [0.2, 0.25) is 0 Å². The number of likely N-dealkylation sites (N-methyl/N-ethyl adjacent to an activating group) is 1. The summed E-state index contributed by atoms with van der Waals surface area (Å²) in [6.45, 7) is 2.24. The van der Waals surface area contributed by atoms with E-state index in [1.165, 1.54) is 7.11 Å². The van der Waals surface area contributed by atoms with Crippen molar-refractivity contribution in [3.05, 3.63) is 0 Å². The summed E-state index contributed by atoms with van der Waals surface area (Å²) in [5.41, 5.74) is 0. The minimum Gasteiger partial charge on any atom is -0.480 e. The van der Waals surface area contributed by atoms with Crippen molar-refractivity contribution in [2.75, 3.05) is 32.8 Å². The molecule has 0 saturated carbocycles. The van der Waals surface area contributed by atoms with E-state index >= 15 is 0 Å². The molecule has 0 aliphatic carbocycles. The maximum absolute atomic E-state index is 10.9. The van der Waals surface area contributed by atoms with E-state index in [4.69, 9.17) is 9.84 Å². The average molecular weight is 221 g/mol. The van der Waals surface area contributed by atoms with Crippen LogP contribution in [0.1, 0.15) is 6.92 Å². The molecule has 0 aromatic rings. The van der Waals surface area contributed by atoms with Crippen molar-refractivity contribution in [2.24, 2.45) is 0 Å². The van der Waals surface area contributed by atoms with Crippen molar-refractivity contribution in [1.29, 1.82) is 0 Å². The lowest BCUT2D eigenvalue weighted by molar-refractivity contribution is -0.145. The lowest BCUT2D eigenvalue weighted by Crippen LogP contribution is -2.47. The highest BCUT2D eigenvalue weighted by atomic mass is 32.2. The Kier molecular flexibility index (Phi) is 6.96. The van der Waals surface area contributed by atoms with Gasteiger partial charge >= 0.3 is 5.97 Å². The fraction of sp³-hybridized carbons (Fsp3) is 0.889. The molecule has 0 aliphatic rings. The summed E-state index contributed by atoms with van der Waals surface area (Å²) < 4.78 is 4.89. The van der Waals surface area contributed by atoms with Gasteiger partial charge in [-0.15, -0.1) is 0 Å². The largest absolute Gasteiger partial charge is 0.480 e. The van der Waals surface area contributed by atoms with Gasteiger partial charge in [-0.2, -0.15) is 11.8 Å². The van der Waals surface area contributed by atoms with Crippen molar-refractivity contribution in [3.8, 4) is 0 Å². The van der Waals surface area contributed by atoms with Gasteiger partial charge in [-0.3, -0.25) is 9.69 Å². The smallest absolute Gasteiger partial charge is 0.323 e.